The summed E-state index contributed by atoms with van der Waals surface area (Å²) in [6.45, 7) is 6.72. The SMILES string of the molecule is C/C(=N\NC(N)=S)c1ccc(/C(C)=N/NC(N)=S)cc1.CC(=O)c1ccc(C(C)=O)cc1.NNC(N)=S. The zero-order valence-electron chi connectivity index (χ0n) is 20.9. The van der Waals surface area contributed by atoms with Crippen LogP contribution in [0.5, 0.6) is 0 Å². The number of nitrogens with one attached hydrogen (secondary N) is 3. The third kappa shape index (κ3) is 15.0. The van der Waals surface area contributed by atoms with Crippen molar-refractivity contribution in [1.82, 2.24) is 16.3 Å². The summed E-state index contributed by atoms with van der Waals surface area (Å²) in [5.74, 6) is 4.69. The molecular weight excluding hydrogens is 531 g/mol. The second-order valence-electron chi connectivity index (χ2n) is 7.12. The van der Waals surface area contributed by atoms with Gasteiger partial charge in [0, 0.05) is 11.1 Å². The smallest absolute Gasteiger partial charge is 0.184 e. The van der Waals surface area contributed by atoms with Gasteiger partial charge >= 0.3 is 0 Å². The van der Waals surface area contributed by atoms with Crippen LogP contribution in [0.15, 0.2) is 58.7 Å². The Hall–Kier alpha value is -3.85. The van der Waals surface area contributed by atoms with E-state index in [1.165, 1.54) is 13.8 Å². The van der Waals surface area contributed by atoms with E-state index in [1.54, 1.807) is 24.3 Å². The highest BCUT2D eigenvalue weighted by Crippen LogP contribution is 2.07. The van der Waals surface area contributed by atoms with Gasteiger partial charge in [-0.15, -0.1) is 0 Å². The van der Waals surface area contributed by atoms with E-state index < -0.39 is 0 Å². The van der Waals surface area contributed by atoms with Crippen molar-refractivity contribution in [1.29, 1.82) is 0 Å². The standard InChI is InChI=1S/C12H16N6S2.C10H10O2.CH5N3S/c1-7(15-17-11(13)19)9-3-5-10(6-4-9)8(2)16-18-12(14)20;1-7(11)9-3-5-10(6-4-9)8(2)12;2-1(5)4-3/h3-6H,1-2H3,(H3,13,17,19)(H3,14,18,20);3-6H,1-2H3;3H2,(H3,2,4,5)/b15-7+,16-8+;;. The number of carbonyl (C=O) groups excluding carboxylic acids is 2. The third-order valence-electron chi connectivity index (χ3n) is 4.23. The fraction of sp³-hybridized carbons (Fsp3) is 0.174. The van der Waals surface area contributed by atoms with E-state index in [-0.39, 0.29) is 26.9 Å². The number of nitrogens with zero attached hydrogens (tertiary/aromatic N) is 2. The molecule has 0 amide bonds. The first-order chi connectivity index (χ1) is 17.3. The molecule has 0 fully saturated rings. The summed E-state index contributed by atoms with van der Waals surface area (Å²) in [5, 5.41) is 8.48. The van der Waals surface area contributed by atoms with Gasteiger partial charge in [0.25, 0.3) is 0 Å². The molecule has 11 nitrogen and oxygen atoms in total. The van der Waals surface area contributed by atoms with Gasteiger partial charge < -0.3 is 22.6 Å². The minimum atomic E-state index is 0.0186. The van der Waals surface area contributed by atoms with E-state index in [4.69, 9.17) is 17.2 Å². The van der Waals surface area contributed by atoms with E-state index >= 15 is 0 Å². The Kier molecular flexibility index (Phi) is 15.7. The maximum absolute atomic E-state index is 10.8. The van der Waals surface area contributed by atoms with E-state index in [9.17, 15) is 9.59 Å². The Balaban J connectivity index is 0.000000641. The maximum atomic E-state index is 10.8. The zero-order valence-corrected chi connectivity index (χ0v) is 23.3. The van der Waals surface area contributed by atoms with E-state index in [2.05, 4.69) is 63.6 Å². The molecule has 0 atom stereocenters. The number of hydrogen-bond acceptors (Lipinski definition) is 8. The van der Waals surface area contributed by atoms with Gasteiger partial charge in [-0.25, -0.2) is 5.84 Å². The molecule has 0 radical (unpaired) electrons. The summed E-state index contributed by atoms with van der Waals surface area (Å²) in [6.07, 6.45) is 0. The molecule has 0 heterocycles. The van der Waals surface area contributed by atoms with E-state index in [1.807, 2.05) is 43.5 Å². The minimum Gasteiger partial charge on any atom is -0.375 e. The average Bonchev–Trinajstić information content (AvgIpc) is 2.86. The summed E-state index contributed by atoms with van der Waals surface area (Å²) in [7, 11) is 0. The molecule has 0 aliphatic rings. The Bertz CT molecular complexity index is 1080. The fourth-order valence-corrected chi connectivity index (χ4v) is 2.39. The summed E-state index contributed by atoms with van der Waals surface area (Å²) in [6, 6.07) is 14.4. The van der Waals surface area contributed by atoms with Crippen LogP contribution in [0.3, 0.4) is 0 Å². The molecule has 37 heavy (non-hydrogen) atoms. The van der Waals surface area contributed by atoms with Crippen molar-refractivity contribution < 1.29 is 9.59 Å². The zero-order chi connectivity index (χ0) is 28.5. The predicted molar refractivity (Wildman–Crippen MR) is 161 cm³/mol. The molecule has 198 valence electrons. The van der Waals surface area contributed by atoms with Gasteiger partial charge in [-0.3, -0.25) is 20.4 Å². The van der Waals surface area contributed by atoms with E-state index in [0.717, 1.165) is 22.6 Å². The lowest BCUT2D eigenvalue weighted by molar-refractivity contribution is 0.100. The Labute approximate surface area is 232 Å². The molecule has 0 spiro atoms. The number of carbonyl (C=O) groups is 2. The number of ketones is 2. The monoisotopic (exact) mass is 561 g/mol. The number of Topliss-reactive ketones (excluding diaryl/α,β-unsaturated/α-hetero) is 2. The van der Waals surface area contributed by atoms with Crippen LogP contribution in [0, 0.1) is 0 Å². The lowest BCUT2D eigenvalue weighted by Crippen LogP contribution is -2.34. The number of thiocarbonyl (C=S) groups is 3. The second kappa shape index (κ2) is 17.6. The van der Waals surface area contributed by atoms with Crippen LogP contribution < -0.4 is 39.3 Å². The highest BCUT2D eigenvalue weighted by molar-refractivity contribution is 7.80. The van der Waals surface area contributed by atoms with Crippen LogP contribution in [0.2, 0.25) is 0 Å². The molecule has 0 saturated heterocycles. The minimum absolute atomic E-state index is 0.0186. The highest BCUT2D eigenvalue weighted by atomic mass is 32.1. The van der Waals surface area contributed by atoms with Crippen molar-refractivity contribution >= 4 is 75.0 Å². The molecule has 0 bridgehead atoms. The van der Waals surface area contributed by atoms with Crippen molar-refractivity contribution in [2.24, 2.45) is 33.2 Å². The molecule has 0 aliphatic heterocycles. The quantitative estimate of drug-likeness (QED) is 0.0884. The number of hydrogen-bond donors (Lipinski definition) is 7. The lowest BCUT2D eigenvalue weighted by Gasteiger charge is -2.05. The van der Waals surface area contributed by atoms with Crippen molar-refractivity contribution in [3.63, 3.8) is 0 Å². The van der Waals surface area contributed by atoms with Crippen molar-refractivity contribution in [2.45, 2.75) is 27.7 Å². The third-order valence-corrected chi connectivity index (χ3v) is 4.53. The first kappa shape index (κ1) is 33.1. The van der Waals surface area contributed by atoms with Crippen LogP contribution in [-0.4, -0.2) is 38.3 Å². The van der Waals surface area contributed by atoms with Crippen molar-refractivity contribution in [3.05, 3.63) is 70.8 Å². The summed E-state index contributed by atoms with van der Waals surface area (Å²) in [5.41, 5.74) is 27.3. The first-order valence-corrected chi connectivity index (χ1v) is 11.7. The highest BCUT2D eigenvalue weighted by Gasteiger charge is 2.02. The molecule has 0 unspecified atom stereocenters. The topological polar surface area (TPSA) is 199 Å². The normalized spacial score (nSPS) is 10.4. The molecule has 2 rings (SSSR count). The number of hydrazine groups is 1. The Morgan fingerprint density at radius 2 is 0.838 bits per heavy atom. The van der Waals surface area contributed by atoms with Crippen LogP contribution in [0.25, 0.3) is 0 Å². The maximum Gasteiger partial charge on any atom is 0.184 e. The summed E-state index contributed by atoms with van der Waals surface area (Å²) in [4.78, 5) is 21.7. The molecule has 2 aromatic rings. The largest absolute Gasteiger partial charge is 0.375 e. The van der Waals surface area contributed by atoms with Gasteiger partial charge in [0.15, 0.2) is 26.9 Å². The van der Waals surface area contributed by atoms with Crippen molar-refractivity contribution in [3.8, 4) is 0 Å². The van der Waals surface area contributed by atoms with Crippen molar-refractivity contribution in [2.75, 3.05) is 0 Å². The number of hydrazone groups is 2. The molecular formula is C23H31N9O2S3. The van der Waals surface area contributed by atoms with E-state index in [0.29, 0.717) is 11.1 Å². The van der Waals surface area contributed by atoms with Gasteiger partial charge in [-0.1, -0.05) is 48.5 Å². The predicted octanol–water partition coefficient (Wildman–Crippen LogP) is 1.59. The first-order valence-electron chi connectivity index (χ1n) is 10.5. The second-order valence-corrected chi connectivity index (χ2v) is 8.44. The average molecular weight is 562 g/mol. The molecule has 0 aliphatic carbocycles. The number of benzene rings is 2. The lowest BCUT2D eigenvalue weighted by atomic mass is 10.1. The number of rotatable bonds is 6. The Morgan fingerprint density at radius 1 is 0.595 bits per heavy atom. The van der Waals surface area contributed by atoms with Gasteiger partial charge in [0.1, 0.15) is 0 Å². The van der Waals surface area contributed by atoms with Crippen LogP contribution in [0.1, 0.15) is 59.5 Å². The fourth-order valence-electron chi connectivity index (χ4n) is 2.30. The van der Waals surface area contributed by atoms with Crippen LogP contribution in [-0.2, 0) is 0 Å². The Morgan fingerprint density at radius 3 is 1.03 bits per heavy atom. The molecule has 0 saturated carbocycles. The molecule has 11 N–H and O–H groups in total. The van der Waals surface area contributed by atoms with Gasteiger partial charge in [-0.2, -0.15) is 10.2 Å². The van der Waals surface area contributed by atoms with Gasteiger partial charge in [0.05, 0.1) is 11.4 Å². The van der Waals surface area contributed by atoms with Gasteiger partial charge in [-0.05, 0) is 75.5 Å². The molecule has 14 heteroatoms. The molecule has 2 aromatic carbocycles. The molecule has 0 aromatic heterocycles. The van der Waals surface area contributed by atoms with Crippen LogP contribution >= 0.6 is 36.7 Å². The number of nitrogens with two attached hydrogens (primary N) is 4. The summed E-state index contributed by atoms with van der Waals surface area (Å²) < 4.78 is 0. The van der Waals surface area contributed by atoms with Gasteiger partial charge in [0.2, 0.25) is 0 Å². The van der Waals surface area contributed by atoms with Crippen LogP contribution in [0.4, 0.5) is 0 Å². The summed E-state index contributed by atoms with van der Waals surface area (Å²) >= 11 is 13.6.